The molecule has 3 heterocycles. The summed E-state index contributed by atoms with van der Waals surface area (Å²) in [7, 11) is 0. The number of amides is 2. The number of aromatic nitrogens is 2. The largest absolute Gasteiger partial charge is 0.459 e. The molecule has 7 nitrogen and oxygen atoms in total. The van der Waals surface area contributed by atoms with Gasteiger partial charge in [-0.25, -0.2) is 4.68 Å². The Hall–Kier alpha value is -3.35. The zero-order chi connectivity index (χ0) is 21.3. The zero-order valence-corrected chi connectivity index (χ0v) is 17.5. The molecule has 1 saturated heterocycles. The molecule has 3 aromatic rings. The standard InChI is InChI=1S/C23H26N4O3/c1-15-11-13-30-21(15)23(29)26-12-5-4-6-20(26)22(28)24-18-7-9-19(10-8-18)27-17(3)14-16(2)25-27/h7-11,13-14,20H,4-6,12H2,1-3H3,(H,24,28)/t20-/m0/s1. The van der Waals surface area contributed by atoms with Crippen LogP contribution < -0.4 is 5.32 Å². The molecular weight excluding hydrogens is 380 g/mol. The summed E-state index contributed by atoms with van der Waals surface area (Å²) >= 11 is 0. The molecule has 1 aliphatic heterocycles. The maximum Gasteiger partial charge on any atom is 0.290 e. The third-order valence-corrected chi connectivity index (χ3v) is 5.51. The van der Waals surface area contributed by atoms with Crippen LogP contribution in [0.15, 0.2) is 47.1 Å². The summed E-state index contributed by atoms with van der Waals surface area (Å²) in [6.07, 6.45) is 3.94. The SMILES string of the molecule is Cc1cc(C)n(-c2ccc(NC(=O)[C@@H]3CCCCN3C(=O)c3occc3C)cc2)n1. The van der Waals surface area contributed by atoms with Gasteiger partial charge in [-0.05, 0) is 76.4 Å². The average Bonchev–Trinajstić information content (AvgIpc) is 3.32. The summed E-state index contributed by atoms with van der Waals surface area (Å²) in [6.45, 7) is 6.35. The summed E-state index contributed by atoms with van der Waals surface area (Å²) < 4.78 is 7.23. The third-order valence-electron chi connectivity index (χ3n) is 5.51. The summed E-state index contributed by atoms with van der Waals surface area (Å²) in [5.41, 5.74) is 4.41. The molecule has 30 heavy (non-hydrogen) atoms. The second-order valence-electron chi connectivity index (χ2n) is 7.82. The maximum absolute atomic E-state index is 13.0. The minimum Gasteiger partial charge on any atom is -0.459 e. The Kier molecular flexibility index (Phi) is 5.44. The van der Waals surface area contributed by atoms with Crippen molar-refractivity contribution in [2.45, 2.75) is 46.1 Å². The fraction of sp³-hybridized carbons (Fsp3) is 0.348. The Labute approximate surface area is 175 Å². The molecule has 1 atom stereocenters. The first-order valence-corrected chi connectivity index (χ1v) is 10.2. The van der Waals surface area contributed by atoms with Crippen LogP contribution in [0.2, 0.25) is 0 Å². The normalized spacial score (nSPS) is 16.5. The number of likely N-dealkylation sites (tertiary alicyclic amines) is 1. The van der Waals surface area contributed by atoms with Gasteiger partial charge in [-0.15, -0.1) is 0 Å². The van der Waals surface area contributed by atoms with Crippen molar-refractivity contribution in [3.05, 3.63) is 65.4 Å². The first-order valence-electron chi connectivity index (χ1n) is 10.2. The lowest BCUT2D eigenvalue weighted by molar-refractivity contribution is -0.121. The van der Waals surface area contributed by atoms with Gasteiger partial charge in [0.1, 0.15) is 6.04 Å². The number of carbonyl (C=O) groups is 2. The van der Waals surface area contributed by atoms with Gasteiger partial charge in [0, 0.05) is 23.5 Å². The zero-order valence-electron chi connectivity index (χ0n) is 17.5. The van der Waals surface area contributed by atoms with Crippen molar-refractivity contribution < 1.29 is 14.0 Å². The Morgan fingerprint density at radius 2 is 1.87 bits per heavy atom. The molecule has 0 bridgehead atoms. The number of carbonyl (C=O) groups excluding carboxylic acids is 2. The molecule has 0 unspecified atom stereocenters. The van der Waals surface area contributed by atoms with Gasteiger partial charge < -0.3 is 14.6 Å². The highest BCUT2D eigenvalue weighted by molar-refractivity contribution is 6.00. The van der Waals surface area contributed by atoms with E-state index < -0.39 is 6.04 Å². The van der Waals surface area contributed by atoms with E-state index in [2.05, 4.69) is 10.4 Å². The van der Waals surface area contributed by atoms with E-state index in [1.807, 2.05) is 55.8 Å². The van der Waals surface area contributed by atoms with E-state index in [1.165, 1.54) is 6.26 Å². The molecule has 156 valence electrons. The van der Waals surface area contributed by atoms with Gasteiger partial charge in [-0.2, -0.15) is 5.10 Å². The van der Waals surface area contributed by atoms with Gasteiger partial charge in [0.15, 0.2) is 5.76 Å². The van der Waals surface area contributed by atoms with Crippen molar-refractivity contribution >= 4 is 17.5 Å². The molecule has 1 fully saturated rings. The smallest absolute Gasteiger partial charge is 0.290 e. The second kappa shape index (κ2) is 8.18. The maximum atomic E-state index is 13.0. The minimum atomic E-state index is -0.508. The minimum absolute atomic E-state index is 0.175. The van der Waals surface area contributed by atoms with Gasteiger partial charge in [0.05, 0.1) is 17.6 Å². The predicted octanol–water partition coefficient (Wildman–Crippen LogP) is 4.02. The van der Waals surface area contributed by atoms with Gasteiger partial charge >= 0.3 is 0 Å². The molecule has 1 aromatic carbocycles. The number of anilines is 1. The average molecular weight is 406 g/mol. The molecule has 1 N–H and O–H groups in total. The summed E-state index contributed by atoms with van der Waals surface area (Å²) in [5.74, 6) is -0.0905. The Morgan fingerprint density at radius 3 is 2.50 bits per heavy atom. The predicted molar refractivity (Wildman–Crippen MR) is 114 cm³/mol. The van der Waals surface area contributed by atoms with Crippen LogP contribution in [0, 0.1) is 20.8 Å². The molecule has 7 heteroatoms. The third kappa shape index (κ3) is 3.87. The molecular formula is C23H26N4O3. The highest BCUT2D eigenvalue weighted by atomic mass is 16.3. The lowest BCUT2D eigenvalue weighted by atomic mass is 10.0. The molecule has 2 aromatic heterocycles. The van der Waals surface area contributed by atoms with Gasteiger partial charge in [-0.3, -0.25) is 9.59 Å². The van der Waals surface area contributed by atoms with Crippen molar-refractivity contribution in [1.82, 2.24) is 14.7 Å². The van der Waals surface area contributed by atoms with Crippen LogP contribution >= 0.6 is 0 Å². The van der Waals surface area contributed by atoms with Crippen LogP contribution in [0.25, 0.3) is 5.69 Å². The molecule has 2 amide bonds. The fourth-order valence-corrected chi connectivity index (χ4v) is 3.97. The van der Waals surface area contributed by atoms with Crippen molar-refractivity contribution in [2.24, 2.45) is 0 Å². The number of furan rings is 1. The number of nitrogens with one attached hydrogen (secondary N) is 1. The number of hydrogen-bond donors (Lipinski definition) is 1. The van der Waals surface area contributed by atoms with Crippen LogP contribution in [0.1, 0.15) is 46.8 Å². The van der Waals surface area contributed by atoms with E-state index in [9.17, 15) is 9.59 Å². The van der Waals surface area contributed by atoms with Crippen molar-refractivity contribution in [3.63, 3.8) is 0 Å². The first-order chi connectivity index (χ1) is 14.4. The fourth-order valence-electron chi connectivity index (χ4n) is 3.97. The van der Waals surface area contributed by atoms with E-state index >= 15 is 0 Å². The summed E-state index contributed by atoms with van der Waals surface area (Å²) in [4.78, 5) is 27.6. The van der Waals surface area contributed by atoms with Gasteiger partial charge in [-0.1, -0.05) is 0 Å². The number of benzene rings is 1. The Bertz CT molecular complexity index is 1060. The van der Waals surface area contributed by atoms with Crippen LogP contribution in [-0.4, -0.2) is 39.1 Å². The molecule has 0 aliphatic carbocycles. The quantitative estimate of drug-likeness (QED) is 0.710. The number of nitrogens with zero attached hydrogens (tertiary/aromatic N) is 3. The van der Waals surface area contributed by atoms with Gasteiger partial charge in [0.2, 0.25) is 5.91 Å². The van der Waals surface area contributed by atoms with E-state index in [4.69, 9.17) is 4.42 Å². The first kappa shape index (κ1) is 19.9. The second-order valence-corrected chi connectivity index (χ2v) is 7.82. The van der Waals surface area contributed by atoms with E-state index in [-0.39, 0.29) is 11.8 Å². The van der Waals surface area contributed by atoms with Crippen molar-refractivity contribution in [1.29, 1.82) is 0 Å². The van der Waals surface area contributed by atoms with E-state index in [0.717, 1.165) is 35.5 Å². The van der Waals surface area contributed by atoms with Crippen LogP contribution in [0.5, 0.6) is 0 Å². The highest BCUT2D eigenvalue weighted by Gasteiger charge is 2.34. The Morgan fingerprint density at radius 1 is 1.10 bits per heavy atom. The number of hydrogen-bond acceptors (Lipinski definition) is 4. The van der Waals surface area contributed by atoms with Crippen LogP contribution in [0.4, 0.5) is 5.69 Å². The van der Waals surface area contributed by atoms with E-state index in [0.29, 0.717) is 24.4 Å². The van der Waals surface area contributed by atoms with Crippen molar-refractivity contribution in [3.8, 4) is 5.69 Å². The lowest BCUT2D eigenvalue weighted by Crippen LogP contribution is -2.50. The summed E-state index contributed by atoms with van der Waals surface area (Å²) in [5, 5.41) is 7.44. The monoisotopic (exact) mass is 406 g/mol. The van der Waals surface area contributed by atoms with E-state index in [1.54, 1.807) is 11.0 Å². The van der Waals surface area contributed by atoms with Crippen LogP contribution in [0.3, 0.4) is 0 Å². The van der Waals surface area contributed by atoms with Crippen LogP contribution in [-0.2, 0) is 4.79 Å². The lowest BCUT2D eigenvalue weighted by Gasteiger charge is -2.34. The highest BCUT2D eigenvalue weighted by Crippen LogP contribution is 2.23. The molecule has 0 radical (unpaired) electrons. The van der Waals surface area contributed by atoms with Crippen molar-refractivity contribution in [2.75, 3.05) is 11.9 Å². The number of aryl methyl sites for hydroxylation is 3. The molecule has 0 saturated carbocycles. The number of piperidine rings is 1. The number of rotatable bonds is 4. The molecule has 0 spiro atoms. The topological polar surface area (TPSA) is 80.4 Å². The molecule has 1 aliphatic rings. The molecule has 4 rings (SSSR count). The summed E-state index contributed by atoms with van der Waals surface area (Å²) in [6, 6.07) is 10.8. The van der Waals surface area contributed by atoms with Gasteiger partial charge in [0.25, 0.3) is 5.91 Å². The Balaban J connectivity index is 1.48.